The molecule has 0 heterocycles. The van der Waals surface area contributed by atoms with Gasteiger partial charge in [0.15, 0.2) is 5.78 Å². The molecule has 2 rings (SSSR count). The Bertz CT molecular complexity index is 414. The molecule has 2 nitrogen and oxygen atoms in total. The Balaban J connectivity index is 1.90. The van der Waals surface area contributed by atoms with E-state index in [9.17, 15) is 4.79 Å². The highest BCUT2D eigenvalue weighted by Gasteiger charge is 2.22. The van der Waals surface area contributed by atoms with Crippen LogP contribution in [-0.2, 0) is 4.79 Å². The van der Waals surface area contributed by atoms with Crippen molar-refractivity contribution in [1.82, 2.24) is 0 Å². The SMILES string of the molecule is O=C(COc1ccc(Cl)cc1Br)C1CCCC1. The highest BCUT2D eigenvalue weighted by atomic mass is 79.9. The second kappa shape index (κ2) is 5.87. The van der Waals surface area contributed by atoms with Crippen molar-refractivity contribution in [2.24, 2.45) is 5.92 Å². The maximum Gasteiger partial charge on any atom is 0.173 e. The zero-order valence-electron chi connectivity index (χ0n) is 9.42. The lowest BCUT2D eigenvalue weighted by atomic mass is 10.0. The molecule has 0 amide bonds. The van der Waals surface area contributed by atoms with E-state index >= 15 is 0 Å². The summed E-state index contributed by atoms with van der Waals surface area (Å²) in [4.78, 5) is 11.8. The molecule has 4 heteroatoms. The standard InChI is InChI=1S/C13H14BrClO2/c14-11-7-10(15)5-6-13(11)17-8-12(16)9-3-1-2-4-9/h5-7,9H,1-4,8H2. The van der Waals surface area contributed by atoms with Gasteiger partial charge in [0, 0.05) is 10.9 Å². The van der Waals surface area contributed by atoms with Crippen molar-refractivity contribution in [3.05, 3.63) is 27.7 Å². The second-order valence-electron chi connectivity index (χ2n) is 4.31. The van der Waals surface area contributed by atoms with Gasteiger partial charge in [-0.1, -0.05) is 24.4 Å². The highest BCUT2D eigenvalue weighted by molar-refractivity contribution is 9.10. The Labute approximate surface area is 114 Å². The number of carbonyl (C=O) groups is 1. The van der Waals surface area contributed by atoms with Gasteiger partial charge in [0.25, 0.3) is 0 Å². The summed E-state index contributed by atoms with van der Waals surface area (Å²) in [6.07, 6.45) is 4.37. The zero-order valence-corrected chi connectivity index (χ0v) is 11.8. The summed E-state index contributed by atoms with van der Waals surface area (Å²) in [5.41, 5.74) is 0. The van der Waals surface area contributed by atoms with E-state index in [0.29, 0.717) is 10.8 Å². The lowest BCUT2D eigenvalue weighted by Gasteiger charge is -2.10. The summed E-state index contributed by atoms with van der Waals surface area (Å²) in [7, 11) is 0. The smallest absolute Gasteiger partial charge is 0.173 e. The van der Waals surface area contributed by atoms with Gasteiger partial charge in [0.1, 0.15) is 12.4 Å². The molecular formula is C13H14BrClO2. The summed E-state index contributed by atoms with van der Waals surface area (Å²) >= 11 is 9.19. The number of ether oxygens (including phenoxy) is 1. The molecule has 92 valence electrons. The normalized spacial score (nSPS) is 16.1. The van der Waals surface area contributed by atoms with Crippen molar-refractivity contribution in [1.29, 1.82) is 0 Å². The third-order valence-electron chi connectivity index (χ3n) is 3.07. The van der Waals surface area contributed by atoms with Crippen LogP contribution < -0.4 is 4.74 Å². The van der Waals surface area contributed by atoms with Gasteiger partial charge in [-0.3, -0.25) is 4.79 Å². The summed E-state index contributed by atoms with van der Waals surface area (Å²) in [5, 5.41) is 0.645. The van der Waals surface area contributed by atoms with Crippen LogP contribution in [0.5, 0.6) is 5.75 Å². The summed E-state index contributed by atoms with van der Waals surface area (Å²) in [6, 6.07) is 5.28. The minimum atomic E-state index is 0.158. The molecule has 0 saturated heterocycles. The van der Waals surface area contributed by atoms with Crippen molar-refractivity contribution in [3.63, 3.8) is 0 Å². The van der Waals surface area contributed by atoms with E-state index in [2.05, 4.69) is 15.9 Å². The van der Waals surface area contributed by atoms with E-state index in [4.69, 9.17) is 16.3 Å². The van der Waals surface area contributed by atoms with Crippen LogP contribution in [0.1, 0.15) is 25.7 Å². The molecule has 17 heavy (non-hydrogen) atoms. The Morgan fingerprint density at radius 2 is 2.12 bits per heavy atom. The van der Waals surface area contributed by atoms with Crippen LogP contribution in [0.2, 0.25) is 5.02 Å². The van der Waals surface area contributed by atoms with Crippen molar-refractivity contribution < 1.29 is 9.53 Å². The van der Waals surface area contributed by atoms with Gasteiger partial charge in [0.2, 0.25) is 0 Å². The predicted molar refractivity (Wildman–Crippen MR) is 71.6 cm³/mol. The molecule has 0 aliphatic heterocycles. The van der Waals surface area contributed by atoms with Crippen LogP contribution in [0.15, 0.2) is 22.7 Å². The van der Waals surface area contributed by atoms with Gasteiger partial charge in [-0.2, -0.15) is 0 Å². The van der Waals surface area contributed by atoms with E-state index in [-0.39, 0.29) is 18.3 Å². The number of ketones is 1. The zero-order chi connectivity index (χ0) is 12.3. The average Bonchev–Trinajstić information content (AvgIpc) is 2.81. The Kier molecular flexibility index (Phi) is 4.46. The summed E-state index contributed by atoms with van der Waals surface area (Å²) in [5.74, 6) is 1.09. The van der Waals surface area contributed by atoms with Gasteiger partial charge < -0.3 is 4.74 Å². The molecule has 1 aromatic rings. The van der Waals surface area contributed by atoms with Crippen molar-refractivity contribution in [3.8, 4) is 5.75 Å². The maximum absolute atomic E-state index is 11.8. The van der Waals surface area contributed by atoms with Crippen LogP contribution in [0.3, 0.4) is 0 Å². The largest absolute Gasteiger partial charge is 0.485 e. The number of hydrogen-bond acceptors (Lipinski definition) is 2. The summed E-state index contributed by atoms with van der Waals surface area (Å²) in [6.45, 7) is 0.158. The van der Waals surface area contributed by atoms with E-state index in [1.165, 1.54) is 12.8 Å². The first-order valence-corrected chi connectivity index (χ1v) is 6.94. The minimum absolute atomic E-state index is 0.158. The molecule has 1 aromatic carbocycles. The lowest BCUT2D eigenvalue weighted by molar-refractivity contribution is -0.124. The maximum atomic E-state index is 11.8. The average molecular weight is 318 g/mol. The minimum Gasteiger partial charge on any atom is -0.485 e. The molecule has 0 N–H and O–H groups in total. The Morgan fingerprint density at radius 1 is 1.41 bits per heavy atom. The third kappa shape index (κ3) is 3.46. The Morgan fingerprint density at radius 3 is 2.76 bits per heavy atom. The summed E-state index contributed by atoms with van der Waals surface area (Å²) < 4.78 is 6.29. The number of Topliss-reactive ketones (excluding diaryl/α,β-unsaturated/α-hetero) is 1. The first-order chi connectivity index (χ1) is 8.16. The Hall–Kier alpha value is -0.540. The molecular weight excluding hydrogens is 303 g/mol. The molecule has 1 saturated carbocycles. The number of halogens is 2. The second-order valence-corrected chi connectivity index (χ2v) is 5.60. The van der Waals surface area contributed by atoms with E-state index < -0.39 is 0 Å². The van der Waals surface area contributed by atoms with Crippen LogP contribution in [0.4, 0.5) is 0 Å². The molecule has 1 fully saturated rings. The monoisotopic (exact) mass is 316 g/mol. The first-order valence-electron chi connectivity index (χ1n) is 5.77. The number of rotatable bonds is 4. The van der Waals surface area contributed by atoms with Crippen molar-refractivity contribution in [2.75, 3.05) is 6.61 Å². The fourth-order valence-corrected chi connectivity index (χ4v) is 2.90. The van der Waals surface area contributed by atoms with Gasteiger partial charge in [-0.25, -0.2) is 0 Å². The molecule has 0 atom stereocenters. The van der Waals surface area contributed by atoms with Crippen LogP contribution in [0, 0.1) is 5.92 Å². The molecule has 0 unspecified atom stereocenters. The third-order valence-corrected chi connectivity index (χ3v) is 3.93. The van der Waals surface area contributed by atoms with Crippen LogP contribution in [-0.4, -0.2) is 12.4 Å². The lowest BCUT2D eigenvalue weighted by Crippen LogP contribution is -2.19. The van der Waals surface area contributed by atoms with Crippen molar-refractivity contribution in [2.45, 2.75) is 25.7 Å². The number of carbonyl (C=O) groups excluding carboxylic acids is 1. The van der Waals surface area contributed by atoms with Gasteiger partial charge >= 0.3 is 0 Å². The van der Waals surface area contributed by atoms with Crippen molar-refractivity contribution >= 4 is 33.3 Å². The predicted octanol–water partition coefficient (Wildman–Crippen LogP) is 4.24. The van der Waals surface area contributed by atoms with Crippen LogP contribution >= 0.6 is 27.5 Å². The highest BCUT2D eigenvalue weighted by Crippen LogP contribution is 2.29. The fourth-order valence-electron chi connectivity index (χ4n) is 2.11. The molecule has 0 bridgehead atoms. The molecule has 0 aromatic heterocycles. The van der Waals surface area contributed by atoms with E-state index in [0.717, 1.165) is 17.3 Å². The fraction of sp³-hybridized carbons (Fsp3) is 0.462. The number of hydrogen-bond donors (Lipinski definition) is 0. The molecule has 0 radical (unpaired) electrons. The number of benzene rings is 1. The van der Waals surface area contributed by atoms with Gasteiger partial charge in [-0.15, -0.1) is 0 Å². The molecule has 1 aliphatic carbocycles. The quantitative estimate of drug-likeness (QED) is 0.830. The molecule has 1 aliphatic rings. The van der Waals surface area contributed by atoms with Gasteiger partial charge in [0.05, 0.1) is 4.47 Å². The van der Waals surface area contributed by atoms with E-state index in [1.807, 2.05) is 0 Å². The van der Waals surface area contributed by atoms with E-state index in [1.54, 1.807) is 18.2 Å². The molecule has 0 spiro atoms. The van der Waals surface area contributed by atoms with Gasteiger partial charge in [-0.05, 0) is 47.0 Å². The first kappa shape index (κ1) is 12.9. The van der Waals surface area contributed by atoms with Crippen LogP contribution in [0.25, 0.3) is 0 Å². The topological polar surface area (TPSA) is 26.3 Å².